The Bertz CT molecular complexity index is 574. The summed E-state index contributed by atoms with van der Waals surface area (Å²) in [6.45, 7) is -0.136. The van der Waals surface area contributed by atoms with Crippen molar-refractivity contribution in [3.8, 4) is 0 Å². The van der Waals surface area contributed by atoms with Gasteiger partial charge in [0.05, 0.1) is 7.11 Å². The second-order valence-corrected chi connectivity index (χ2v) is 3.93. The van der Waals surface area contributed by atoms with Gasteiger partial charge in [-0.3, -0.25) is 4.79 Å². The molecular formula is C12H12N2O6. The van der Waals surface area contributed by atoms with Crippen molar-refractivity contribution in [2.45, 2.75) is 19.4 Å². The van der Waals surface area contributed by atoms with E-state index in [1.54, 1.807) is 0 Å². The fraction of sp³-hybridized carbons (Fsp3) is 0.333. The molecule has 0 radical (unpaired) electrons. The second-order valence-electron chi connectivity index (χ2n) is 3.93. The van der Waals surface area contributed by atoms with Crippen LogP contribution in [-0.4, -0.2) is 30.7 Å². The molecule has 1 N–H and O–H groups in total. The van der Waals surface area contributed by atoms with Gasteiger partial charge >= 0.3 is 11.9 Å². The third-order valence-corrected chi connectivity index (χ3v) is 2.53. The zero-order chi connectivity index (χ0) is 14.5. The van der Waals surface area contributed by atoms with Crippen LogP contribution in [0, 0.1) is 0 Å². The molecule has 0 bridgehead atoms. The van der Waals surface area contributed by atoms with E-state index in [1.807, 2.05) is 0 Å². The normalized spacial score (nSPS) is 14.2. The van der Waals surface area contributed by atoms with E-state index in [2.05, 4.69) is 15.3 Å². The largest absolute Gasteiger partial charge is 0.463 e. The molecule has 0 saturated carbocycles. The van der Waals surface area contributed by atoms with Crippen LogP contribution in [0.15, 0.2) is 21.7 Å². The maximum Gasteiger partial charge on any atom is 0.373 e. The fourth-order valence-electron chi connectivity index (χ4n) is 1.51. The first-order valence-electron chi connectivity index (χ1n) is 5.79. The van der Waals surface area contributed by atoms with E-state index in [4.69, 9.17) is 9.15 Å². The summed E-state index contributed by atoms with van der Waals surface area (Å²) in [5.74, 6) is -1.15. The molecule has 1 aromatic rings. The highest BCUT2D eigenvalue weighted by atomic mass is 16.6. The van der Waals surface area contributed by atoms with Crippen molar-refractivity contribution in [1.82, 2.24) is 5.43 Å². The highest BCUT2D eigenvalue weighted by Gasteiger charge is 2.20. The smallest absolute Gasteiger partial charge is 0.373 e. The van der Waals surface area contributed by atoms with Gasteiger partial charge in [-0.25, -0.2) is 15.0 Å². The Labute approximate surface area is 113 Å². The Balaban J connectivity index is 1.89. The molecule has 20 heavy (non-hydrogen) atoms. The first-order valence-corrected chi connectivity index (χ1v) is 5.79. The number of nitrogens with one attached hydrogen (secondary N) is 1. The van der Waals surface area contributed by atoms with E-state index >= 15 is 0 Å². The van der Waals surface area contributed by atoms with Gasteiger partial charge in [0.25, 0.3) is 0 Å². The van der Waals surface area contributed by atoms with Crippen molar-refractivity contribution in [2.24, 2.45) is 5.10 Å². The van der Waals surface area contributed by atoms with Crippen molar-refractivity contribution in [3.05, 3.63) is 23.7 Å². The Morgan fingerprint density at radius 1 is 1.35 bits per heavy atom. The molecular weight excluding hydrogens is 268 g/mol. The van der Waals surface area contributed by atoms with Gasteiger partial charge in [-0.05, 0) is 12.1 Å². The molecule has 2 heterocycles. The Kier molecular flexibility index (Phi) is 4.14. The fourth-order valence-corrected chi connectivity index (χ4v) is 1.51. The van der Waals surface area contributed by atoms with Crippen LogP contribution in [0.25, 0.3) is 0 Å². The van der Waals surface area contributed by atoms with Gasteiger partial charge in [-0.15, -0.1) is 0 Å². The van der Waals surface area contributed by atoms with Crippen LogP contribution in [0.4, 0.5) is 0 Å². The van der Waals surface area contributed by atoms with Crippen LogP contribution in [0.2, 0.25) is 0 Å². The predicted octanol–water partition coefficient (Wildman–Crippen LogP) is 0.375. The Morgan fingerprint density at radius 2 is 2.15 bits per heavy atom. The number of methoxy groups -OCH3 is 1. The highest BCUT2D eigenvalue weighted by molar-refractivity contribution is 6.37. The molecule has 1 amide bonds. The van der Waals surface area contributed by atoms with Crippen LogP contribution in [0.5, 0.6) is 0 Å². The van der Waals surface area contributed by atoms with Crippen LogP contribution in [-0.2, 0) is 25.7 Å². The minimum atomic E-state index is -0.638. The summed E-state index contributed by atoms with van der Waals surface area (Å²) >= 11 is 0. The zero-order valence-corrected chi connectivity index (χ0v) is 10.7. The standard InChI is InChI=1S/C12H12N2O6/c1-18-12(17)9-4-2-7(20-9)6-19-11(16)8-3-5-10(15)14-13-8/h2,4H,3,5-6H2,1H3,(H,14,15). The van der Waals surface area contributed by atoms with Crippen molar-refractivity contribution in [2.75, 3.05) is 7.11 Å². The van der Waals surface area contributed by atoms with Gasteiger partial charge in [-0.1, -0.05) is 0 Å². The number of ether oxygens (including phenoxy) is 2. The number of nitrogens with zero attached hydrogens (tertiary/aromatic N) is 1. The van der Waals surface area contributed by atoms with E-state index in [-0.39, 0.29) is 36.8 Å². The molecule has 0 aromatic carbocycles. The van der Waals surface area contributed by atoms with Gasteiger partial charge in [-0.2, -0.15) is 5.10 Å². The van der Waals surface area contributed by atoms with Crippen LogP contribution < -0.4 is 5.43 Å². The van der Waals surface area contributed by atoms with Gasteiger partial charge in [0.1, 0.15) is 18.1 Å². The van der Waals surface area contributed by atoms with E-state index < -0.39 is 11.9 Å². The molecule has 0 aliphatic carbocycles. The summed E-state index contributed by atoms with van der Waals surface area (Å²) < 4.78 is 14.6. The molecule has 1 aliphatic heterocycles. The third-order valence-electron chi connectivity index (χ3n) is 2.53. The maximum atomic E-state index is 11.6. The molecule has 0 atom stereocenters. The maximum absolute atomic E-state index is 11.6. The van der Waals surface area contributed by atoms with Crippen LogP contribution >= 0.6 is 0 Å². The number of hydrogen-bond acceptors (Lipinski definition) is 7. The number of hydrazone groups is 1. The average Bonchev–Trinajstić information content (AvgIpc) is 2.93. The van der Waals surface area contributed by atoms with Gasteiger partial charge in [0, 0.05) is 12.8 Å². The zero-order valence-electron chi connectivity index (χ0n) is 10.7. The lowest BCUT2D eigenvalue weighted by atomic mass is 10.2. The lowest BCUT2D eigenvalue weighted by Gasteiger charge is -2.10. The quantitative estimate of drug-likeness (QED) is 0.799. The molecule has 0 fully saturated rings. The average molecular weight is 280 g/mol. The molecule has 1 aromatic heterocycles. The third kappa shape index (κ3) is 3.22. The Morgan fingerprint density at radius 3 is 2.80 bits per heavy atom. The van der Waals surface area contributed by atoms with Crippen molar-refractivity contribution in [1.29, 1.82) is 0 Å². The number of carbonyl (C=O) groups is 3. The topological polar surface area (TPSA) is 107 Å². The summed E-state index contributed by atoms with van der Waals surface area (Å²) in [5.41, 5.74) is 2.34. The minimum Gasteiger partial charge on any atom is -0.463 e. The number of esters is 2. The van der Waals surface area contributed by atoms with Crippen molar-refractivity contribution >= 4 is 23.6 Å². The minimum absolute atomic E-state index is 0.0285. The SMILES string of the molecule is COC(=O)c1ccc(COC(=O)C2=NNC(=O)CC2)o1. The number of hydrogen-bond donors (Lipinski definition) is 1. The number of furan rings is 1. The summed E-state index contributed by atoms with van der Waals surface area (Å²) in [6.07, 6.45) is 0.428. The number of carbonyl (C=O) groups excluding carboxylic acids is 3. The summed E-state index contributed by atoms with van der Waals surface area (Å²) in [5, 5.41) is 3.61. The first kappa shape index (κ1) is 13.8. The van der Waals surface area contributed by atoms with Crippen molar-refractivity contribution in [3.63, 3.8) is 0 Å². The summed E-state index contributed by atoms with van der Waals surface area (Å²) in [7, 11) is 1.24. The monoisotopic (exact) mass is 280 g/mol. The van der Waals surface area contributed by atoms with E-state index in [1.165, 1.54) is 19.2 Å². The second kappa shape index (κ2) is 6.00. The summed E-state index contributed by atoms with van der Waals surface area (Å²) in [6, 6.07) is 2.93. The molecule has 0 spiro atoms. The van der Waals surface area contributed by atoms with E-state index in [0.29, 0.717) is 5.76 Å². The molecule has 106 valence electrons. The first-order chi connectivity index (χ1) is 9.60. The number of rotatable bonds is 4. The van der Waals surface area contributed by atoms with E-state index in [0.717, 1.165) is 0 Å². The van der Waals surface area contributed by atoms with Crippen LogP contribution in [0.3, 0.4) is 0 Å². The highest BCUT2D eigenvalue weighted by Crippen LogP contribution is 2.11. The Hall–Kier alpha value is -2.64. The molecule has 0 saturated heterocycles. The summed E-state index contributed by atoms with van der Waals surface area (Å²) in [4.78, 5) is 33.7. The lowest BCUT2D eigenvalue weighted by Crippen LogP contribution is -2.30. The molecule has 2 rings (SSSR count). The van der Waals surface area contributed by atoms with E-state index in [9.17, 15) is 14.4 Å². The molecule has 8 nitrogen and oxygen atoms in total. The van der Waals surface area contributed by atoms with Crippen LogP contribution in [0.1, 0.15) is 29.2 Å². The lowest BCUT2D eigenvalue weighted by molar-refractivity contribution is -0.137. The molecule has 0 unspecified atom stereocenters. The van der Waals surface area contributed by atoms with Crippen molar-refractivity contribution < 1.29 is 28.3 Å². The number of amides is 1. The van der Waals surface area contributed by atoms with Gasteiger partial charge in [0.2, 0.25) is 11.7 Å². The predicted molar refractivity (Wildman–Crippen MR) is 64.7 cm³/mol. The van der Waals surface area contributed by atoms with Gasteiger partial charge in [0.15, 0.2) is 0 Å². The molecule has 1 aliphatic rings. The van der Waals surface area contributed by atoms with Gasteiger partial charge < -0.3 is 13.9 Å². The molecule has 8 heteroatoms.